The van der Waals surface area contributed by atoms with Crippen molar-refractivity contribution in [3.05, 3.63) is 57.1 Å². The van der Waals surface area contributed by atoms with E-state index in [-0.39, 0.29) is 6.61 Å². The SMILES string of the molecule is CC(CO)(Nc1ncc(Br)cc1Br)c1ccccc1. The predicted molar refractivity (Wildman–Crippen MR) is 84.1 cm³/mol. The topological polar surface area (TPSA) is 45.1 Å². The fourth-order valence-corrected chi connectivity index (χ4v) is 2.86. The number of nitrogens with one attached hydrogen (secondary N) is 1. The van der Waals surface area contributed by atoms with E-state index in [1.54, 1.807) is 6.20 Å². The van der Waals surface area contributed by atoms with Crippen molar-refractivity contribution in [3.8, 4) is 0 Å². The zero-order valence-electron chi connectivity index (χ0n) is 10.4. The number of aromatic nitrogens is 1. The van der Waals surface area contributed by atoms with Crippen molar-refractivity contribution >= 4 is 37.7 Å². The molecule has 0 saturated heterocycles. The van der Waals surface area contributed by atoms with Gasteiger partial charge in [-0.25, -0.2) is 4.98 Å². The zero-order valence-corrected chi connectivity index (χ0v) is 13.6. The first-order valence-corrected chi connectivity index (χ1v) is 7.39. The van der Waals surface area contributed by atoms with E-state index in [0.29, 0.717) is 5.82 Å². The summed E-state index contributed by atoms with van der Waals surface area (Å²) < 4.78 is 1.74. The Morgan fingerprint density at radius 2 is 1.95 bits per heavy atom. The summed E-state index contributed by atoms with van der Waals surface area (Å²) in [5.74, 6) is 0.698. The Bertz CT molecular complexity index is 563. The fraction of sp³-hybridized carbons (Fsp3) is 0.214. The van der Waals surface area contributed by atoms with Crippen molar-refractivity contribution < 1.29 is 5.11 Å². The summed E-state index contributed by atoms with van der Waals surface area (Å²) in [5.41, 5.74) is 0.430. The molecule has 0 spiro atoms. The van der Waals surface area contributed by atoms with Gasteiger partial charge in [-0.1, -0.05) is 30.3 Å². The first-order chi connectivity index (χ1) is 9.05. The van der Waals surface area contributed by atoms with Gasteiger partial charge in [0.05, 0.1) is 16.6 Å². The number of halogens is 2. The maximum atomic E-state index is 9.73. The van der Waals surface area contributed by atoms with Crippen LogP contribution in [-0.4, -0.2) is 16.7 Å². The van der Waals surface area contributed by atoms with Gasteiger partial charge in [0.2, 0.25) is 0 Å². The molecule has 0 aliphatic carbocycles. The Morgan fingerprint density at radius 3 is 2.53 bits per heavy atom. The standard InChI is InChI=1S/C14H14Br2N2O/c1-14(9-19,10-5-3-2-4-6-10)18-13-12(16)7-11(15)8-17-13/h2-8,19H,9H2,1H3,(H,17,18). The molecule has 0 amide bonds. The van der Waals surface area contributed by atoms with Gasteiger partial charge in [0.1, 0.15) is 5.82 Å². The molecule has 2 N–H and O–H groups in total. The van der Waals surface area contributed by atoms with Crippen LogP contribution in [0.15, 0.2) is 51.5 Å². The molecule has 1 atom stereocenters. The van der Waals surface area contributed by atoms with Crippen LogP contribution in [0.25, 0.3) is 0 Å². The summed E-state index contributed by atoms with van der Waals surface area (Å²) in [6.07, 6.45) is 1.72. The molecule has 2 aromatic rings. The molecule has 1 aromatic carbocycles. The van der Waals surface area contributed by atoms with Gasteiger partial charge in [-0.3, -0.25) is 0 Å². The first kappa shape index (κ1) is 14.5. The monoisotopic (exact) mass is 384 g/mol. The second-order valence-electron chi connectivity index (χ2n) is 4.47. The van der Waals surface area contributed by atoms with Crippen molar-refractivity contribution in [2.45, 2.75) is 12.5 Å². The first-order valence-electron chi connectivity index (χ1n) is 5.81. The summed E-state index contributed by atoms with van der Waals surface area (Å²) in [5, 5.41) is 13.0. The number of pyridine rings is 1. The Kier molecular flexibility index (Phi) is 4.60. The van der Waals surface area contributed by atoms with E-state index in [1.807, 2.05) is 43.3 Å². The maximum Gasteiger partial charge on any atom is 0.141 e. The van der Waals surface area contributed by atoms with Crippen LogP contribution in [0.3, 0.4) is 0 Å². The highest BCUT2D eigenvalue weighted by Crippen LogP contribution is 2.30. The molecule has 0 fully saturated rings. The van der Waals surface area contributed by atoms with Crippen LogP contribution in [0.1, 0.15) is 12.5 Å². The third-order valence-corrected chi connectivity index (χ3v) is 3.97. The molecular formula is C14H14Br2N2O. The molecular weight excluding hydrogens is 372 g/mol. The Hall–Kier alpha value is -0.910. The van der Waals surface area contributed by atoms with E-state index in [9.17, 15) is 5.11 Å². The van der Waals surface area contributed by atoms with Crippen molar-refractivity contribution in [1.29, 1.82) is 0 Å². The number of rotatable bonds is 4. The summed E-state index contributed by atoms with van der Waals surface area (Å²) in [6.45, 7) is 1.92. The van der Waals surface area contributed by atoms with Crippen LogP contribution in [-0.2, 0) is 5.54 Å². The van der Waals surface area contributed by atoms with Gasteiger partial charge >= 0.3 is 0 Å². The van der Waals surface area contributed by atoms with Crippen LogP contribution >= 0.6 is 31.9 Å². The summed E-state index contributed by atoms with van der Waals surface area (Å²) in [6, 6.07) is 11.7. The third-order valence-electron chi connectivity index (χ3n) is 2.93. The molecule has 0 radical (unpaired) electrons. The molecule has 3 nitrogen and oxygen atoms in total. The van der Waals surface area contributed by atoms with Gasteiger partial charge in [-0.05, 0) is 50.4 Å². The average molecular weight is 386 g/mol. The lowest BCUT2D eigenvalue weighted by molar-refractivity contribution is 0.223. The third kappa shape index (κ3) is 3.35. The number of aliphatic hydroxyl groups is 1. The Balaban J connectivity index is 2.33. The van der Waals surface area contributed by atoms with Gasteiger partial charge in [0.25, 0.3) is 0 Å². The molecule has 1 unspecified atom stereocenters. The largest absolute Gasteiger partial charge is 0.394 e. The molecule has 100 valence electrons. The number of hydrogen-bond acceptors (Lipinski definition) is 3. The Labute approximate surface area is 129 Å². The van der Waals surface area contributed by atoms with Crippen LogP contribution in [0.5, 0.6) is 0 Å². The molecule has 0 bridgehead atoms. The number of nitrogens with zero attached hydrogens (tertiary/aromatic N) is 1. The van der Waals surface area contributed by atoms with Gasteiger partial charge in [-0.15, -0.1) is 0 Å². The minimum absolute atomic E-state index is 0.0266. The van der Waals surface area contributed by atoms with E-state index >= 15 is 0 Å². The van der Waals surface area contributed by atoms with Crippen LogP contribution in [0.4, 0.5) is 5.82 Å². The van der Waals surface area contributed by atoms with E-state index in [0.717, 1.165) is 14.5 Å². The second kappa shape index (κ2) is 6.03. The lowest BCUT2D eigenvalue weighted by Crippen LogP contribution is -2.36. The van der Waals surface area contributed by atoms with Crippen molar-refractivity contribution in [2.24, 2.45) is 0 Å². The van der Waals surface area contributed by atoms with Crippen molar-refractivity contribution in [2.75, 3.05) is 11.9 Å². The minimum atomic E-state index is -0.579. The Morgan fingerprint density at radius 1 is 1.26 bits per heavy atom. The quantitative estimate of drug-likeness (QED) is 0.838. The molecule has 5 heteroatoms. The highest BCUT2D eigenvalue weighted by atomic mass is 79.9. The van der Waals surface area contributed by atoms with E-state index < -0.39 is 5.54 Å². The normalized spacial score (nSPS) is 13.9. The van der Waals surface area contributed by atoms with Gasteiger partial charge in [-0.2, -0.15) is 0 Å². The van der Waals surface area contributed by atoms with Gasteiger partial charge < -0.3 is 10.4 Å². The molecule has 0 aliphatic rings. The van der Waals surface area contributed by atoms with Gasteiger partial charge in [0, 0.05) is 10.7 Å². The number of benzene rings is 1. The second-order valence-corrected chi connectivity index (χ2v) is 6.24. The smallest absolute Gasteiger partial charge is 0.141 e. The molecule has 0 aliphatic heterocycles. The van der Waals surface area contributed by atoms with Crippen LogP contribution in [0, 0.1) is 0 Å². The predicted octanol–water partition coefficient (Wildman–Crippen LogP) is 3.93. The maximum absolute atomic E-state index is 9.73. The zero-order chi connectivity index (χ0) is 13.9. The summed E-state index contributed by atoms with van der Waals surface area (Å²) >= 11 is 6.83. The lowest BCUT2D eigenvalue weighted by atomic mass is 9.93. The minimum Gasteiger partial charge on any atom is -0.394 e. The molecule has 0 saturated carbocycles. The lowest BCUT2D eigenvalue weighted by Gasteiger charge is -2.30. The van der Waals surface area contributed by atoms with Crippen LogP contribution in [0.2, 0.25) is 0 Å². The number of anilines is 1. The number of aliphatic hydroxyl groups excluding tert-OH is 1. The number of hydrogen-bond donors (Lipinski definition) is 2. The molecule has 19 heavy (non-hydrogen) atoms. The summed E-state index contributed by atoms with van der Waals surface area (Å²) in [4.78, 5) is 4.32. The van der Waals surface area contributed by atoms with Crippen molar-refractivity contribution in [1.82, 2.24) is 4.98 Å². The highest BCUT2D eigenvalue weighted by Gasteiger charge is 2.26. The van der Waals surface area contributed by atoms with Crippen molar-refractivity contribution in [3.63, 3.8) is 0 Å². The molecule has 2 rings (SSSR count). The molecule has 1 aromatic heterocycles. The fourth-order valence-electron chi connectivity index (χ4n) is 1.78. The van der Waals surface area contributed by atoms with E-state index in [1.165, 1.54) is 0 Å². The highest BCUT2D eigenvalue weighted by molar-refractivity contribution is 9.11. The van der Waals surface area contributed by atoms with E-state index in [4.69, 9.17) is 0 Å². The van der Waals surface area contributed by atoms with Crippen LogP contribution < -0.4 is 5.32 Å². The van der Waals surface area contributed by atoms with E-state index in [2.05, 4.69) is 42.2 Å². The summed E-state index contributed by atoms with van der Waals surface area (Å²) in [7, 11) is 0. The van der Waals surface area contributed by atoms with Gasteiger partial charge in [0.15, 0.2) is 0 Å². The average Bonchev–Trinajstić information content (AvgIpc) is 2.43. The molecule has 1 heterocycles.